The molecule has 1 unspecified atom stereocenters. The van der Waals surface area contributed by atoms with Crippen LogP contribution < -0.4 is 0 Å². The smallest absolute Gasteiger partial charge is 0.331 e. The maximum Gasteiger partial charge on any atom is 0.331 e. The van der Waals surface area contributed by atoms with Crippen molar-refractivity contribution in [2.24, 2.45) is 0 Å². The number of esters is 1. The number of rotatable bonds is 4. The van der Waals surface area contributed by atoms with Crippen molar-refractivity contribution in [3.63, 3.8) is 0 Å². The van der Waals surface area contributed by atoms with Crippen LogP contribution >= 0.6 is 23.1 Å². The van der Waals surface area contributed by atoms with Gasteiger partial charge in [-0.3, -0.25) is 4.79 Å². The largest absolute Gasteiger partial charge is 0.467 e. The molecule has 104 valence electrons. The summed E-state index contributed by atoms with van der Waals surface area (Å²) in [6, 6.07) is 3.30. The minimum Gasteiger partial charge on any atom is -0.467 e. The maximum absolute atomic E-state index is 12.2. The number of thiophene rings is 1. The van der Waals surface area contributed by atoms with Crippen molar-refractivity contribution in [1.82, 2.24) is 4.90 Å². The van der Waals surface area contributed by atoms with E-state index in [1.165, 1.54) is 18.9 Å². The highest BCUT2D eigenvalue weighted by Crippen LogP contribution is 2.24. The highest BCUT2D eigenvalue weighted by molar-refractivity contribution is 8.01. The Morgan fingerprint density at radius 1 is 1.63 bits per heavy atom. The van der Waals surface area contributed by atoms with Crippen LogP contribution in [0.25, 0.3) is 0 Å². The molecule has 0 radical (unpaired) electrons. The quantitative estimate of drug-likeness (QED) is 0.619. The number of ether oxygens (including phenoxy) is 2. The van der Waals surface area contributed by atoms with Crippen LogP contribution in [-0.4, -0.2) is 55.4 Å². The van der Waals surface area contributed by atoms with Crippen LogP contribution in [0, 0.1) is 0 Å². The van der Waals surface area contributed by atoms with Gasteiger partial charge in [0, 0.05) is 6.54 Å². The zero-order chi connectivity index (χ0) is 13.7. The zero-order valence-corrected chi connectivity index (χ0v) is 12.2. The maximum atomic E-state index is 12.2. The molecule has 1 saturated heterocycles. The van der Waals surface area contributed by atoms with Gasteiger partial charge in [-0.1, -0.05) is 6.07 Å². The Morgan fingerprint density at radius 2 is 2.47 bits per heavy atom. The van der Waals surface area contributed by atoms with E-state index in [0.717, 1.165) is 4.21 Å². The second kappa shape index (κ2) is 6.93. The standard InChI is InChI=1S/C12H15NO4S2/c1-16-12(15)9-7-17-5-4-13(9)10(14)8-19-11-3-2-6-18-11/h2-3,6,9H,4-5,7-8H2,1H3. The van der Waals surface area contributed by atoms with Crippen LogP contribution in [0.2, 0.25) is 0 Å². The second-order valence-corrected chi connectivity index (χ2v) is 6.15. The highest BCUT2D eigenvalue weighted by Gasteiger charge is 2.33. The van der Waals surface area contributed by atoms with E-state index < -0.39 is 12.0 Å². The topological polar surface area (TPSA) is 55.8 Å². The first-order valence-electron chi connectivity index (χ1n) is 5.83. The van der Waals surface area contributed by atoms with E-state index in [0.29, 0.717) is 18.9 Å². The van der Waals surface area contributed by atoms with Crippen LogP contribution in [0.5, 0.6) is 0 Å². The summed E-state index contributed by atoms with van der Waals surface area (Å²) in [5.74, 6) is -0.153. The Balaban J connectivity index is 1.93. The molecule has 1 amide bonds. The van der Waals surface area contributed by atoms with Gasteiger partial charge in [-0.05, 0) is 11.4 Å². The van der Waals surface area contributed by atoms with Gasteiger partial charge in [0.15, 0.2) is 6.04 Å². The molecule has 7 heteroatoms. The number of carbonyl (C=O) groups excluding carboxylic acids is 2. The van der Waals surface area contributed by atoms with Crippen LogP contribution in [0.3, 0.4) is 0 Å². The molecular weight excluding hydrogens is 286 g/mol. The molecule has 1 atom stereocenters. The number of hydrogen-bond donors (Lipinski definition) is 0. The molecule has 1 aliphatic heterocycles. The second-order valence-electron chi connectivity index (χ2n) is 3.92. The summed E-state index contributed by atoms with van der Waals surface area (Å²) in [5, 5.41) is 1.97. The molecule has 2 heterocycles. The van der Waals surface area contributed by atoms with Crippen molar-refractivity contribution in [2.45, 2.75) is 10.3 Å². The lowest BCUT2D eigenvalue weighted by molar-refractivity contribution is -0.159. The molecule has 0 aromatic carbocycles. The third kappa shape index (κ3) is 3.71. The van der Waals surface area contributed by atoms with Crippen LogP contribution in [-0.2, 0) is 19.1 Å². The number of hydrogen-bond acceptors (Lipinski definition) is 6. The molecule has 2 rings (SSSR count). The number of carbonyl (C=O) groups is 2. The van der Waals surface area contributed by atoms with Gasteiger partial charge >= 0.3 is 5.97 Å². The van der Waals surface area contributed by atoms with Gasteiger partial charge in [-0.25, -0.2) is 4.79 Å². The van der Waals surface area contributed by atoms with E-state index in [9.17, 15) is 9.59 Å². The molecule has 5 nitrogen and oxygen atoms in total. The first-order valence-corrected chi connectivity index (χ1v) is 7.70. The van der Waals surface area contributed by atoms with Gasteiger partial charge in [0.1, 0.15) is 0 Å². The average Bonchev–Trinajstić information content (AvgIpc) is 2.97. The van der Waals surface area contributed by atoms with E-state index in [1.54, 1.807) is 16.2 Å². The summed E-state index contributed by atoms with van der Waals surface area (Å²) in [4.78, 5) is 25.3. The van der Waals surface area contributed by atoms with Gasteiger partial charge in [0.25, 0.3) is 0 Å². The van der Waals surface area contributed by atoms with Crippen molar-refractivity contribution >= 4 is 35.0 Å². The Kier molecular flexibility index (Phi) is 5.24. The van der Waals surface area contributed by atoms with Crippen molar-refractivity contribution in [2.75, 3.05) is 32.6 Å². The Labute approximate surface area is 119 Å². The lowest BCUT2D eigenvalue weighted by Gasteiger charge is -2.33. The first-order chi connectivity index (χ1) is 9.22. The van der Waals surface area contributed by atoms with Crippen molar-refractivity contribution in [3.05, 3.63) is 17.5 Å². The zero-order valence-electron chi connectivity index (χ0n) is 10.5. The summed E-state index contributed by atoms with van der Waals surface area (Å²) in [6.45, 7) is 1.11. The van der Waals surface area contributed by atoms with Crippen LogP contribution in [0.1, 0.15) is 0 Å². The number of nitrogens with zero attached hydrogens (tertiary/aromatic N) is 1. The number of amides is 1. The summed E-state index contributed by atoms with van der Waals surface area (Å²) in [6.07, 6.45) is 0. The van der Waals surface area contributed by atoms with Crippen molar-refractivity contribution in [3.8, 4) is 0 Å². The molecule has 1 fully saturated rings. The molecule has 0 saturated carbocycles. The number of thioether (sulfide) groups is 1. The molecule has 0 bridgehead atoms. The van der Waals surface area contributed by atoms with Gasteiger partial charge in [0.05, 0.1) is 30.3 Å². The fourth-order valence-corrected chi connectivity index (χ4v) is 3.47. The lowest BCUT2D eigenvalue weighted by atomic mass is 10.2. The summed E-state index contributed by atoms with van der Waals surface area (Å²) in [5.41, 5.74) is 0. The molecule has 1 aromatic rings. The van der Waals surface area contributed by atoms with E-state index in [2.05, 4.69) is 0 Å². The molecule has 1 aliphatic rings. The Morgan fingerprint density at radius 3 is 3.16 bits per heavy atom. The molecule has 1 aromatic heterocycles. The molecule has 0 aliphatic carbocycles. The summed E-state index contributed by atoms with van der Waals surface area (Å²) in [7, 11) is 1.32. The predicted molar refractivity (Wildman–Crippen MR) is 73.4 cm³/mol. The average molecular weight is 301 g/mol. The number of morpholine rings is 1. The SMILES string of the molecule is COC(=O)C1COCCN1C(=O)CSc1cccs1. The predicted octanol–water partition coefficient (Wildman–Crippen LogP) is 1.24. The van der Waals surface area contributed by atoms with Crippen LogP contribution in [0.15, 0.2) is 21.7 Å². The third-order valence-electron chi connectivity index (χ3n) is 2.76. The monoisotopic (exact) mass is 301 g/mol. The van der Waals surface area contributed by atoms with E-state index in [-0.39, 0.29) is 12.5 Å². The van der Waals surface area contributed by atoms with E-state index in [4.69, 9.17) is 9.47 Å². The minimum atomic E-state index is -0.616. The fourth-order valence-electron chi connectivity index (χ4n) is 1.79. The summed E-state index contributed by atoms with van der Waals surface area (Å²) >= 11 is 3.08. The van der Waals surface area contributed by atoms with Gasteiger partial charge < -0.3 is 14.4 Å². The van der Waals surface area contributed by atoms with Gasteiger partial charge in [0.2, 0.25) is 5.91 Å². The highest BCUT2D eigenvalue weighted by atomic mass is 32.2. The van der Waals surface area contributed by atoms with E-state index in [1.807, 2.05) is 17.5 Å². The Hall–Kier alpha value is -1.05. The molecule has 19 heavy (non-hydrogen) atoms. The molecular formula is C12H15NO4S2. The third-order valence-corrected chi connectivity index (χ3v) is 4.87. The van der Waals surface area contributed by atoms with Gasteiger partial charge in [-0.2, -0.15) is 0 Å². The van der Waals surface area contributed by atoms with Crippen molar-refractivity contribution < 1.29 is 19.1 Å². The van der Waals surface area contributed by atoms with Gasteiger partial charge in [-0.15, -0.1) is 23.1 Å². The molecule has 0 N–H and O–H groups in total. The van der Waals surface area contributed by atoms with Crippen molar-refractivity contribution in [1.29, 1.82) is 0 Å². The minimum absolute atomic E-state index is 0.0582. The fraction of sp³-hybridized carbons (Fsp3) is 0.500. The van der Waals surface area contributed by atoms with E-state index >= 15 is 0 Å². The number of methoxy groups -OCH3 is 1. The Bertz CT molecular complexity index is 435. The summed E-state index contributed by atoms with van der Waals surface area (Å²) < 4.78 is 11.0. The lowest BCUT2D eigenvalue weighted by Crippen LogP contribution is -2.53. The normalized spacial score (nSPS) is 19.2. The first kappa shape index (κ1) is 14.4. The molecule has 0 spiro atoms. The van der Waals surface area contributed by atoms with Crippen LogP contribution in [0.4, 0.5) is 0 Å².